The lowest BCUT2D eigenvalue weighted by Gasteiger charge is -2.23. The van der Waals surface area contributed by atoms with E-state index in [2.05, 4.69) is 0 Å². The maximum Gasteiger partial charge on any atom is 0.260 e. The third-order valence-corrected chi connectivity index (χ3v) is 3.37. The first-order chi connectivity index (χ1) is 9.20. The smallest absolute Gasteiger partial charge is 0.260 e. The minimum atomic E-state index is -0.0293. The molecule has 1 aromatic carbocycles. The molecule has 1 saturated heterocycles. The molecule has 1 atom stereocenters. The van der Waals surface area contributed by atoms with E-state index >= 15 is 0 Å². The molecule has 0 aliphatic carbocycles. The van der Waals surface area contributed by atoms with Gasteiger partial charge in [0.05, 0.1) is 12.6 Å². The first kappa shape index (κ1) is 13.8. The summed E-state index contributed by atoms with van der Waals surface area (Å²) in [6.07, 6.45) is 0.896. The van der Waals surface area contributed by atoms with Gasteiger partial charge in [-0.3, -0.25) is 4.79 Å². The SMILES string of the molecule is CN(C(=O)COc1ccc(CN)cc1)C1CCOC1. The molecule has 2 rings (SSSR count). The van der Waals surface area contributed by atoms with Crippen molar-refractivity contribution in [3.05, 3.63) is 29.8 Å². The van der Waals surface area contributed by atoms with Crippen molar-refractivity contribution in [2.75, 3.05) is 26.9 Å². The van der Waals surface area contributed by atoms with Crippen LogP contribution in [0.1, 0.15) is 12.0 Å². The molecule has 1 fully saturated rings. The van der Waals surface area contributed by atoms with Crippen molar-refractivity contribution in [3.8, 4) is 5.75 Å². The fourth-order valence-electron chi connectivity index (χ4n) is 2.00. The highest BCUT2D eigenvalue weighted by atomic mass is 16.5. The normalized spacial score (nSPS) is 18.3. The van der Waals surface area contributed by atoms with E-state index in [4.69, 9.17) is 15.2 Å². The van der Waals surface area contributed by atoms with Crippen molar-refractivity contribution >= 4 is 5.91 Å². The van der Waals surface area contributed by atoms with Crippen molar-refractivity contribution in [3.63, 3.8) is 0 Å². The third-order valence-electron chi connectivity index (χ3n) is 3.37. The Morgan fingerprint density at radius 2 is 2.21 bits per heavy atom. The fourth-order valence-corrected chi connectivity index (χ4v) is 2.00. The molecule has 1 amide bonds. The molecule has 0 bridgehead atoms. The lowest BCUT2D eigenvalue weighted by molar-refractivity contribution is -0.134. The van der Waals surface area contributed by atoms with Crippen LogP contribution in [0.25, 0.3) is 0 Å². The van der Waals surface area contributed by atoms with Gasteiger partial charge in [-0.25, -0.2) is 0 Å². The summed E-state index contributed by atoms with van der Waals surface area (Å²) in [5, 5.41) is 0. The van der Waals surface area contributed by atoms with Gasteiger partial charge in [-0.05, 0) is 24.1 Å². The molecular formula is C14H20N2O3. The van der Waals surface area contributed by atoms with Crippen molar-refractivity contribution < 1.29 is 14.3 Å². The molecule has 19 heavy (non-hydrogen) atoms. The Bertz CT molecular complexity index is 413. The van der Waals surface area contributed by atoms with E-state index in [0.29, 0.717) is 18.9 Å². The second kappa shape index (κ2) is 6.54. The van der Waals surface area contributed by atoms with Crippen molar-refractivity contribution in [2.24, 2.45) is 5.73 Å². The highest BCUT2D eigenvalue weighted by Gasteiger charge is 2.24. The zero-order valence-electron chi connectivity index (χ0n) is 11.2. The zero-order chi connectivity index (χ0) is 13.7. The number of carbonyl (C=O) groups is 1. The Labute approximate surface area is 113 Å². The Hall–Kier alpha value is -1.59. The number of amides is 1. The quantitative estimate of drug-likeness (QED) is 0.853. The third kappa shape index (κ3) is 3.68. The van der Waals surface area contributed by atoms with Crippen LogP contribution in [-0.2, 0) is 16.1 Å². The van der Waals surface area contributed by atoms with Crippen LogP contribution >= 0.6 is 0 Å². The average Bonchev–Trinajstić information content (AvgIpc) is 2.98. The van der Waals surface area contributed by atoms with E-state index in [-0.39, 0.29) is 18.6 Å². The van der Waals surface area contributed by atoms with Gasteiger partial charge in [0.2, 0.25) is 0 Å². The minimum absolute atomic E-state index is 0.0293. The predicted molar refractivity (Wildman–Crippen MR) is 71.8 cm³/mol. The molecule has 1 unspecified atom stereocenters. The van der Waals surface area contributed by atoms with E-state index in [1.54, 1.807) is 11.9 Å². The van der Waals surface area contributed by atoms with Crippen molar-refractivity contribution in [1.29, 1.82) is 0 Å². The molecule has 5 heteroatoms. The van der Waals surface area contributed by atoms with Crippen molar-refractivity contribution in [2.45, 2.75) is 19.0 Å². The number of hydrogen-bond acceptors (Lipinski definition) is 4. The van der Waals surface area contributed by atoms with Gasteiger partial charge in [0, 0.05) is 20.2 Å². The molecular weight excluding hydrogens is 244 g/mol. The maximum absolute atomic E-state index is 12.0. The van der Waals surface area contributed by atoms with Crippen LogP contribution in [0.3, 0.4) is 0 Å². The molecule has 1 heterocycles. The molecule has 104 valence electrons. The van der Waals surface area contributed by atoms with Crippen LogP contribution in [-0.4, -0.2) is 43.7 Å². The zero-order valence-corrected chi connectivity index (χ0v) is 11.2. The molecule has 2 N–H and O–H groups in total. The largest absolute Gasteiger partial charge is 0.484 e. The van der Waals surface area contributed by atoms with Gasteiger partial charge in [-0.1, -0.05) is 12.1 Å². The molecule has 5 nitrogen and oxygen atoms in total. The molecule has 1 aliphatic rings. The summed E-state index contributed by atoms with van der Waals surface area (Å²) in [7, 11) is 1.79. The van der Waals surface area contributed by atoms with Crippen molar-refractivity contribution in [1.82, 2.24) is 4.90 Å². The van der Waals surface area contributed by atoms with Gasteiger partial charge in [0.1, 0.15) is 5.75 Å². The van der Waals surface area contributed by atoms with Crippen LogP contribution in [0.2, 0.25) is 0 Å². The Kier molecular flexibility index (Phi) is 4.76. The summed E-state index contributed by atoms with van der Waals surface area (Å²) in [6, 6.07) is 7.63. The van der Waals surface area contributed by atoms with Crippen LogP contribution in [0, 0.1) is 0 Å². The summed E-state index contributed by atoms with van der Waals surface area (Å²) >= 11 is 0. The van der Waals surface area contributed by atoms with E-state index in [9.17, 15) is 4.79 Å². The standard InChI is InChI=1S/C14H20N2O3/c1-16(12-6-7-18-9-12)14(17)10-19-13-4-2-11(8-15)3-5-13/h2-5,12H,6-10,15H2,1H3. The summed E-state index contributed by atoms with van der Waals surface area (Å²) in [6.45, 7) is 1.90. The second-order valence-corrected chi connectivity index (χ2v) is 4.66. The van der Waals surface area contributed by atoms with E-state index in [1.807, 2.05) is 24.3 Å². The molecule has 0 spiro atoms. The topological polar surface area (TPSA) is 64.8 Å². The monoisotopic (exact) mass is 264 g/mol. The lowest BCUT2D eigenvalue weighted by Crippen LogP contribution is -2.40. The van der Waals surface area contributed by atoms with Gasteiger partial charge in [0.15, 0.2) is 6.61 Å². The molecule has 1 aliphatic heterocycles. The highest BCUT2D eigenvalue weighted by molar-refractivity contribution is 5.77. The molecule has 1 aromatic rings. The van der Waals surface area contributed by atoms with Gasteiger partial charge in [0.25, 0.3) is 5.91 Å². The summed E-state index contributed by atoms with van der Waals surface area (Å²) < 4.78 is 10.7. The lowest BCUT2D eigenvalue weighted by atomic mass is 10.2. The number of ether oxygens (including phenoxy) is 2. The fraction of sp³-hybridized carbons (Fsp3) is 0.500. The average molecular weight is 264 g/mol. The van der Waals surface area contributed by atoms with E-state index in [1.165, 1.54) is 0 Å². The summed E-state index contributed by atoms with van der Waals surface area (Å²) in [4.78, 5) is 13.7. The van der Waals surface area contributed by atoms with Crippen LogP contribution < -0.4 is 10.5 Å². The molecule has 0 aromatic heterocycles. The number of nitrogens with two attached hydrogens (primary N) is 1. The number of likely N-dealkylation sites (N-methyl/N-ethyl adjacent to an activating group) is 1. The minimum Gasteiger partial charge on any atom is -0.484 e. The van der Waals surface area contributed by atoms with Crippen LogP contribution in [0.4, 0.5) is 0 Å². The van der Waals surface area contributed by atoms with E-state index in [0.717, 1.165) is 18.6 Å². The highest BCUT2D eigenvalue weighted by Crippen LogP contribution is 2.13. The van der Waals surface area contributed by atoms with Gasteiger partial charge < -0.3 is 20.1 Å². The van der Waals surface area contributed by atoms with Crippen LogP contribution in [0.5, 0.6) is 5.75 Å². The second-order valence-electron chi connectivity index (χ2n) is 4.66. The van der Waals surface area contributed by atoms with Gasteiger partial charge >= 0.3 is 0 Å². The van der Waals surface area contributed by atoms with Crippen LogP contribution in [0.15, 0.2) is 24.3 Å². The molecule has 0 saturated carbocycles. The number of carbonyl (C=O) groups excluding carboxylic acids is 1. The number of rotatable bonds is 5. The van der Waals surface area contributed by atoms with E-state index < -0.39 is 0 Å². The van der Waals surface area contributed by atoms with Gasteiger partial charge in [-0.15, -0.1) is 0 Å². The Morgan fingerprint density at radius 3 is 2.79 bits per heavy atom. The first-order valence-corrected chi connectivity index (χ1v) is 6.46. The maximum atomic E-state index is 12.0. The Balaban J connectivity index is 1.81. The van der Waals surface area contributed by atoms with Gasteiger partial charge in [-0.2, -0.15) is 0 Å². The predicted octanol–water partition coefficient (Wildman–Crippen LogP) is 0.771. The number of benzene rings is 1. The summed E-state index contributed by atoms with van der Waals surface area (Å²) in [5.41, 5.74) is 6.56. The Morgan fingerprint density at radius 1 is 1.47 bits per heavy atom. The number of hydrogen-bond donors (Lipinski definition) is 1. The number of nitrogens with zero attached hydrogens (tertiary/aromatic N) is 1. The first-order valence-electron chi connectivity index (χ1n) is 6.46. The summed E-state index contributed by atoms with van der Waals surface area (Å²) in [5.74, 6) is 0.653. The molecule has 0 radical (unpaired) electrons.